The zero-order chi connectivity index (χ0) is 20.1. The van der Waals surface area contributed by atoms with Crippen LogP contribution in [0, 0.1) is 0 Å². The SMILES string of the molecule is COc1ccc(N2CCN(CC(=O)Nc3cccc(NC(C)=O)c3)C2=O)cc1. The second-order valence-corrected chi connectivity index (χ2v) is 6.36. The van der Waals surface area contributed by atoms with Crippen molar-refractivity contribution in [1.82, 2.24) is 4.90 Å². The number of urea groups is 1. The number of methoxy groups -OCH3 is 1. The normalized spacial score (nSPS) is 13.4. The average Bonchev–Trinajstić information content (AvgIpc) is 3.02. The van der Waals surface area contributed by atoms with E-state index >= 15 is 0 Å². The van der Waals surface area contributed by atoms with Crippen molar-refractivity contribution in [2.45, 2.75) is 6.92 Å². The number of nitrogens with zero attached hydrogens (tertiary/aromatic N) is 2. The molecule has 1 heterocycles. The van der Waals surface area contributed by atoms with E-state index in [4.69, 9.17) is 4.74 Å². The summed E-state index contributed by atoms with van der Waals surface area (Å²) in [7, 11) is 1.59. The van der Waals surface area contributed by atoms with Crippen LogP contribution in [0.2, 0.25) is 0 Å². The van der Waals surface area contributed by atoms with Crippen LogP contribution < -0.4 is 20.3 Å². The van der Waals surface area contributed by atoms with Gasteiger partial charge in [-0.1, -0.05) is 6.07 Å². The highest BCUT2D eigenvalue weighted by molar-refractivity contribution is 5.99. The quantitative estimate of drug-likeness (QED) is 0.803. The van der Waals surface area contributed by atoms with Crippen LogP contribution in [0.5, 0.6) is 5.75 Å². The van der Waals surface area contributed by atoms with Crippen molar-refractivity contribution >= 4 is 34.9 Å². The van der Waals surface area contributed by atoms with E-state index < -0.39 is 0 Å². The van der Waals surface area contributed by atoms with Gasteiger partial charge in [-0.25, -0.2) is 4.79 Å². The fraction of sp³-hybridized carbons (Fsp3) is 0.250. The number of anilines is 3. The molecule has 1 fully saturated rings. The van der Waals surface area contributed by atoms with Crippen LogP contribution in [0.3, 0.4) is 0 Å². The zero-order valence-corrected chi connectivity index (χ0v) is 15.8. The number of hydrogen-bond acceptors (Lipinski definition) is 4. The van der Waals surface area contributed by atoms with E-state index in [-0.39, 0.29) is 24.4 Å². The number of amides is 4. The van der Waals surface area contributed by atoms with Gasteiger partial charge in [-0.05, 0) is 42.5 Å². The molecule has 0 saturated carbocycles. The highest BCUT2D eigenvalue weighted by Gasteiger charge is 2.30. The molecule has 1 aliphatic rings. The van der Waals surface area contributed by atoms with Gasteiger partial charge >= 0.3 is 6.03 Å². The number of nitrogens with one attached hydrogen (secondary N) is 2. The summed E-state index contributed by atoms with van der Waals surface area (Å²) in [6.45, 7) is 2.34. The van der Waals surface area contributed by atoms with Crippen LogP contribution in [0.15, 0.2) is 48.5 Å². The highest BCUT2D eigenvalue weighted by Crippen LogP contribution is 2.23. The zero-order valence-electron chi connectivity index (χ0n) is 15.8. The largest absolute Gasteiger partial charge is 0.497 e. The van der Waals surface area contributed by atoms with Crippen LogP contribution in [0.25, 0.3) is 0 Å². The van der Waals surface area contributed by atoms with Crippen molar-refractivity contribution in [3.05, 3.63) is 48.5 Å². The van der Waals surface area contributed by atoms with E-state index in [0.29, 0.717) is 30.2 Å². The molecule has 0 bridgehead atoms. The molecule has 4 amide bonds. The fourth-order valence-electron chi connectivity index (χ4n) is 2.98. The summed E-state index contributed by atoms with van der Waals surface area (Å²) in [5.41, 5.74) is 1.90. The van der Waals surface area contributed by atoms with E-state index in [1.165, 1.54) is 11.8 Å². The standard InChI is InChI=1S/C20H22N4O4/c1-14(25)21-15-4-3-5-16(12-15)22-19(26)13-23-10-11-24(20(23)27)17-6-8-18(28-2)9-7-17/h3-9,12H,10-11,13H2,1-2H3,(H,21,25)(H,22,26). The van der Waals surface area contributed by atoms with E-state index in [2.05, 4.69) is 10.6 Å². The number of carbonyl (C=O) groups excluding carboxylic acids is 3. The Morgan fingerprint density at radius 1 is 1.04 bits per heavy atom. The average molecular weight is 382 g/mol. The molecule has 0 aliphatic carbocycles. The molecule has 28 heavy (non-hydrogen) atoms. The Morgan fingerprint density at radius 3 is 2.36 bits per heavy atom. The van der Waals surface area contributed by atoms with E-state index in [1.807, 2.05) is 12.1 Å². The summed E-state index contributed by atoms with van der Waals surface area (Å²) >= 11 is 0. The maximum Gasteiger partial charge on any atom is 0.325 e. The molecule has 1 aliphatic heterocycles. The molecule has 0 unspecified atom stereocenters. The van der Waals surface area contributed by atoms with Crippen molar-refractivity contribution in [3.63, 3.8) is 0 Å². The lowest BCUT2D eigenvalue weighted by Gasteiger charge is -2.18. The second kappa shape index (κ2) is 8.43. The van der Waals surface area contributed by atoms with Gasteiger partial charge in [0.25, 0.3) is 0 Å². The van der Waals surface area contributed by atoms with E-state index in [1.54, 1.807) is 48.4 Å². The van der Waals surface area contributed by atoms with Crippen LogP contribution in [0.1, 0.15) is 6.92 Å². The molecule has 0 aromatic heterocycles. The number of benzene rings is 2. The van der Waals surface area contributed by atoms with Crippen molar-refractivity contribution in [2.24, 2.45) is 0 Å². The minimum atomic E-state index is -0.301. The van der Waals surface area contributed by atoms with Gasteiger partial charge in [0.15, 0.2) is 0 Å². The minimum absolute atomic E-state index is 0.0458. The predicted octanol–water partition coefficient (Wildman–Crippen LogP) is 2.53. The van der Waals surface area contributed by atoms with Crippen molar-refractivity contribution < 1.29 is 19.1 Å². The maximum atomic E-state index is 12.6. The molecule has 3 rings (SSSR count). The van der Waals surface area contributed by atoms with Gasteiger partial charge in [0.05, 0.1) is 7.11 Å². The molecule has 2 N–H and O–H groups in total. The molecule has 2 aromatic rings. The van der Waals surface area contributed by atoms with Crippen molar-refractivity contribution in [1.29, 1.82) is 0 Å². The Bertz CT molecular complexity index is 882. The summed E-state index contributed by atoms with van der Waals surface area (Å²) in [6, 6.07) is 13.8. The third-order valence-electron chi connectivity index (χ3n) is 4.28. The van der Waals surface area contributed by atoms with Gasteiger partial charge in [0, 0.05) is 37.1 Å². The smallest absolute Gasteiger partial charge is 0.325 e. The van der Waals surface area contributed by atoms with Crippen LogP contribution in [-0.2, 0) is 9.59 Å². The first kappa shape index (κ1) is 19.2. The number of hydrogen-bond donors (Lipinski definition) is 2. The number of rotatable bonds is 6. The van der Waals surface area contributed by atoms with Gasteiger partial charge in [0.2, 0.25) is 11.8 Å². The van der Waals surface area contributed by atoms with Gasteiger partial charge in [-0.15, -0.1) is 0 Å². The first-order valence-electron chi connectivity index (χ1n) is 8.84. The summed E-state index contributed by atoms with van der Waals surface area (Å²) in [4.78, 5) is 39.2. The number of carbonyl (C=O) groups is 3. The monoisotopic (exact) mass is 382 g/mol. The molecule has 8 nitrogen and oxygen atoms in total. The molecule has 1 saturated heterocycles. The molecule has 2 aromatic carbocycles. The molecule has 8 heteroatoms. The van der Waals surface area contributed by atoms with Gasteiger partial charge in [0.1, 0.15) is 12.3 Å². The molecule has 0 atom stereocenters. The third-order valence-corrected chi connectivity index (χ3v) is 4.28. The summed E-state index contributed by atoms with van der Waals surface area (Å²) < 4.78 is 5.13. The van der Waals surface area contributed by atoms with E-state index in [0.717, 1.165) is 5.69 Å². The van der Waals surface area contributed by atoms with Gasteiger partial charge in [-0.3, -0.25) is 14.5 Å². The lowest BCUT2D eigenvalue weighted by atomic mass is 10.2. The molecule has 0 spiro atoms. The lowest BCUT2D eigenvalue weighted by Crippen LogP contribution is -2.37. The third kappa shape index (κ3) is 4.59. The van der Waals surface area contributed by atoms with Crippen molar-refractivity contribution in [2.75, 3.05) is 42.3 Å². The summed E-state index contributed by atoms with van der Waals surface area (Å²) in [6.07, 6.45) is 0. The Balaban J connectivity index is 1.58. The Kier molecular flexibility index (Phi) is 5.78. The maximum absolute atomic E-state index is 12.6. The molecular formula is C20H22N4O4. The highest BCUT2D eigenvalue weighted by atomic mass is 16.5. The summed E-state index contributed by atoms with van der Waals surface area (Å²) in [5, 5.41) is 5.41. The Labute approximate surface area is 163 Å². The Morgan fingerprint density at radius 2 is 1.71 bits per heavy atom. The predicted molar refractivity (Wildman–Crippen MR) is 107 cm³/mol. The lowest BCUT2D eigenvalue weighted by molar-refractivity contribution is -0.116. The first-order valence-corrected chi connectivity index (χ1v) is 8.84. The van der Waals surface area contributed by atoms with E-state index in [9.17, 15) is 14.4 Å². The van der Waals surface area contributed by atoms with Crippen LogP contribution in [0.4, 0.5) is 21.9 Å². The Hall–Kier alpha value is -3.55. The van der Waals surface area contributed by atoms with Crippen LogP contribution >= 0.6 is 0 Å². The first-order chi connectivity index (χ1) is 13.5. The number of ether oxygens (including phenoxy) is 1. The second-order valence-electron chi connectivity index (χ2n) is 6.36. The topological polar surface area (TPSA) is 91.0 Å². The van der Waals surface area contributed by atoms with Crippen molar-refractivity contribution in [3.8, 4) is 5.75 Å². The molecule has 0 radical (unpaired) electrons. The van der Waals surface area contributed by atoms with Crippen LogP contribution in [-0.4, -0.2) is 49.5 Å². The minimum Gasteiger partial charge on any atom is -0.497 e. The van der Waals surface area contributed by atoms with Gasteiger partial charge < -0.3 is 20.3 Å². The molecule has 146 valence electrons. The summed E-state index contributed by atoms with van der Waals surface area (Å²) in [5.74, 6) is 0.225. The fourth-order valence-corrected chi connectivity index (χ4v) is 2.98. The van der Waals surface area contributed by atoms with Gasteiger partial charge in [-0.2, -0.15) is 0 Å². The molecular weight excluding hydrogens is 360 g/mol.